The zero-order valence-electron chi connectivity index (χ0n) is 12.5. The molecule has 0 atom stereocenters. The van der Waals surface area contributed by atoms with Crippen molar-refractivity contribution in [2.24, 2.45) is 0 Å². The van der Waals surface area contributed by atoms with E-state index >= 15 is 0 Å². The molecular formula is C14H23Br2NOSi. The second-order valence-electron chi connectivity index (χ2n) is 5.84. The van der Waals surface area contributed by atoms with E-state index in [1.54, 1.807) is 0 Å². The van der Waals surface area contributed by atoms with Crippen molar-refractivity contribution in [3.63, 3.8) is 0 Å². The van der Waals surface area contributed by atoms with Gasteiger partial charge in [-0.15, -0.1) is 0 Å². The Morgan fingerprint density at radius 3 is 1.79 bits per heavy atom. The summed E-state index contributed by atoms with van der Waals surface area (Å²) in [5.74, 6) is 0.867. The highest BCUT2D eigenvalue weighted by Crippen LogP contribution is 2.43. The zero-order chi connectivity index (χ0) is 14.8. The third-order valence-electron chi connectivity index (χ3n) is 3.77. The van der Waals surface area contributed by atoms with Crippen molar-refractivity contribution in [3.8, 4) is 5.75 Å². The van der Waals surface area contributed by atoms with Crippen LogP contribution in [0.25, 0.3) is 0 Å². The van der Waals surface area contributed by atoms with Crippen LogP contribution in [0.3, 0.4) is 0 Å². The molecule has 5 heteroatoms. The predicted molar refractivity (Wildman–Crippen MR) is 91.3 cm³/mol. The fraction of sp³-hybridized carbons (Fsp3) is 0.643. The molecule has 0 saturated carbocycles. The van der Waals surface area contributed by atoms with Gasteiger partial charge in [0, 0.05) is 0 Å². The molecule has 19 heavy (non-hydrogen) atoms. The molecule has 0 amide bonds. The Morgan fingerprint density at radius 2 is 1.42 bits per heavy atom. The van der Waals surface area contributed by atoms with Gasteiger partial charge >= 0.3 is 0 Å². The maximum absolute atomic E-state index is 6.58. The Kier molecular flexibility index (Phi) is 6.08. The van der Waals surface area contributed by atoms with E-state index in [1.807, 2.05) is 12.1 Å². The molecule has 0 radical (unpaired) electrons. The minimum atomic E-state index is -1.90. The SMILES string of the molecule is CC(C)[Si](Oc1ccc(Br)nc1Br)(C(C)C)C(C)C. The lowest BCUT2D eigenvalue weighted by molar-refractivity contribution is 0.475. The van der Waals surface area contributed by atoms with Crippen LogP contribution in [-0.2, 0) is 0 Å². The van der Waals surface area contributed by atoms with Gasteiger partial charge in [0.1, 0.15) is 15.0 Å². The number of pyridine rings is 1. The third-order valence-corrected chi connectivity index (χ3v) is 10.8. The molecule has 1 rings (SSSR count). The first-order valence-corrected chi connectivity index (χ1v) is 10.5. The molecule has 0 aliphatic rings. The molecule has 1 aromatic rings. The second-order valence-corrected chi connectivity index (χ2v) is 12.8. The van der Waals surface area contributed by atoms with Gasteiger partial charge in [0.2, 0.25) is 0 Å². The highest BCUT2D eigenvalue weighted by molar-refractivity contribution is 9.11. The average Bonchev–Trinajstić information content (AvgIpc) is 2.26. The maximum Gasteiger partial charge on any atom is 0.258 e. The molecule has 0 saturated heterocycles. The minimum absolute atomic E-state index is 0.558. The topological polar surface area (TPSA) is 22.1 Å². The van der Waals surface area contributed by atoms with Crippen LogP contribution in [0, 0.1) is 0 Å². The van der Waals surface area contributed by atoms with Crippen LogP contribution in [0.1, 0.15) is 41.5 Å². The van der Waals surface area contributed by atoms with E-state index in [-0.39, 0.29) is 0 Å². The van der Waals surface area contributed by atoms with E-state index in [9.17, 15) is 0 Å². The van der Waals surface area contributed by atoms with E-state index < -0.39 is 8.32 Å². The largest absolute Gasteiger partial charge is 0.541 e. The number of nitrogens with zero attached hydrogens (tertiary/aromatic N) is 1. The smallest absolute Gasteiger partial charge is 0.258 e. The van der Waals surface area contributed by atoms with Gasteiger partial charge in [-0.1, -0.05) is 41.5 Å². The summed E-state index contributed by atoms with van der Waals surface area (Å²) in [5.41, 5.74) is 1.68. The molecule has 1 heterocycles. The minimum Gasteiger partial charge on any atom is -0.541 e. The monoisotopic (exact) mass is 407 g/mol. The van der Waals surface area contributed by atoms with E-state index in [1.165, 1.54) is 0 Å². The van der Waals surface area contributed by atoms with Crippen LogP contribution in [0.15, 0.2) is 21.3 Å². The number of hydrogen-bond donors (Lipinski definition) is 0. The molecule has 0 spiro atoms. The quantitative estimate of drug-likeness (QED) is 0.429. The summed E-state index contributed by atoms with van der Waals surface area (Å²) >= 11 is 6.88. The van der Waals surface area contributed by atoms with Gasteiger partial charge in [0.25, 0.3) is 8.32 Å². The van der Waals surface area contributed by atoms with Gasteiger partial charge in [-0.2, -0.15) is 0 Å². The molecule has 0 aliphatic carbocycles. The van der Waals surface area contributed by atoms with E-state index in [2.05, 4.69) is 78.4 Å². The van der Waals surface area contributed by atoms with Gasteiger partial charge in [-0.3, -0.25) is 0 Å². The van der Waals surface area contributed by atoms with Crippen LogP contribution in [-0.4, -0.2) is 13.3 Å². The van der Waals surface area contributed by atoms with Crippen LogP contribution in [0.2, 0.25) is 16.6 Å². The first-order valence-electron chi connectivity index (χ1n) is 6.72. The molecule has 0 bridgehead atoms. The van der Waals surface area contributed by atoms with Crippen molar-refractivity contribution in [2.45, 2.75) is 58.2 Å². The van der Waals surface area contributed by atoms with Crippen molar-refractivity contribution in [2.75, 3.05) is 0 Å². The van der Waals surface area contributed by atoms with Gasteiger partial charge in [-0.05, 0) is 60.6 Å². The standard InChI is InChI=1S/C14H23Br2NOSi/c1-9(2)19(10(3)4,11(5)6)18-12-7-8-13(15)17-14(12)16/h7-11H,1-6H3. The molecule has 1 aromatic heterocycles. The molecule has 0 aromatic carbocycles. The molecule has 0 fully saturated rings. The lowest BCUT2D eigenvalue weighted by Gasteiger charge is -2.42. The highest BCUT2D eigenvalue weighted by Gasteiger charge is 2.47. The van der Waals surface area contributed by atoms with Crippen molar-refractivity contribution in [1.29, 1.82) is 0 Å². The summed E-state index contributed by atoms with van der Waals surface area (Å²) in [6.07, 6.45) is 0. The Morgan fingerprint density at radius 1 is 0.947 bits per heavy atom. The Hall–Kier alpha value is 0.127. The maximum atomic E-state index is 6.58. The van der Waals surface area contributed by atoms with Crippen LogP contribution in [0.5, 0.6) is 5.75 Å². The molecule has 108 valence electrons. The Labute approximate surface area is 134 Å². The average molecular weight is 409 g/mol. The van der Waals surface area contributed by atoms with Crippen LogP contribution < -0.4 is 4.43 Å². The van der Waals surface area contributed by atoms with E-state index in [4.69, 9.17) is 4.43 Å². The van der Waals surface area contributed by atoms with E-state index in [0.717, 1.165) is 15.0 Å². The Balaban J connectivity index is 3.21. The van der Waals surface area contributed by atoms with Crippen LogP contribution >= 0.6 is 31.9 Å². The van der Waals surface area contributed by atoms with Crippen molar-refractivity contribution < 1.29 is 4.43 Å². The van der Waals surface area contributed by atoms with Gasteiger partial charge in [-0.25, -0.2) is 4.98 Å². The van der Waals surface area contributed by atoms with Crippen molar-refractivity contribution >= 4 is 40.2 Å². The Bertz CT molecular complexity index is 414. The van der Waals surface area contributed by atoms with E-state index in [0.29, 0.717) is 16.6 Å². The first-order chi connectivity index (χ1) is 8.71. The summed E-state index contributed by atoms with van der Waals surface area (Å²) in [4.78, 5) is 4.37. The number of halogens is 2. The van der Waals surface area contributed by atoms with Crippen molar-refractivity contribution in [3.05, 3.63) is 21.3 Å². The lowest BCUT2D eigenvalue weighted by atomic mass is 10.5. The fourth-order valence-corrected chi connectivity index (χ4v) is 9.37. The molecular weight excluding hydrogens is 386 g/mol. The van der Waals surface area contributed by atoms with Gasteiger partial charge < -0.3 is 4.43 Å². The van der Waals surface area contributed by atoms with Gasteiger partial charge in [0.15, 0.2) is 0 Å². The van der Waals surface area contributed by atoms with Crippen molar-refractivity contribution in [1.82, 2.24) is 4.98 Å². The molecule has 0 unspecified atom stereocenters. The summed E-state index contributed by atoms with van der Waals surface area (Å²) in [6.45, 7) is 13.7. The summed E-state index contributed by atoms with van der Waals surface area (Å²) in [7, 11) is -1.90. The number of hydrogen-bond acceptors (Lipinski definition) is 2. The zero-order valence-corrected chi connectivity index (χ0v) is 16.7. The highest BCUT2D eigenvalue weighted by atomic mass is 79.9. The second kappa shape index (κ2) is 6.72. The predicted octanol–water partition coefficient (Wildman–Crippen LogP) is 6.16. The normalized spacial score (nSPS) is 12.6. The lowest BCUT2D eigenvalue weighted by Crippen LogP contribution is -2.50. The van der Waals surface area contributed by atoms with Crippen LogP contribution in [0.4, 0.5) is 0 Å². The number of aromatic nitrogens is 1. The summed E-state index contributed by atoms with van der Waals surface area (Å²) in [6, 6.07) is 3.93. The summed E-state index contributed by atoms with van der Waals surface area (Å²) < 4.78 is 8.18. The first kappa shape index (κ1) is 17.2. The molecule has 0 aliphatic heterocycles. The van der Waals surface area contributed by atoms with Gasteiger partial charge in [0.05, 0.1) is 0 Å². The molecule has 2 nitrogen and oxygen atoms in total. The molecule has 0 N–H and O–H groups in total. The third kappa shape index (κ3) is 3.61. The number of rotatable bonds is 5. The fourth-order valence-electron chi connectivity index (χ4n) is 3.02. The summed E-state index contributed by atoms with van der Waals surface area (Å²) in [5, 5.41) is 0.